The lowest BCUT2D eigenvalue weighted by atomic mass is 10.3. The minimum absolute atomic E-state index is 0.150. The van der Waals surface area contributed by atoms with Crippen LogP contribution in [-0.4, -0.2) is 52.6 Å². The van der Waals surface area contributed by atoms with E-state index in [9.17, 15) is 13.2 Å². The van der Waals surface area contributed by atoms with Gasteiger partial charge < -0.3 is 4.74 Å². The minimum Gasteiger partial charge on any atom is -0.465 e. The summed E-state index contributed by atoms with van der Waals surface area (Å²) >= 11 is 1.32. The highest BCUT2D eigenvalue weighted by atomic mass is 32.2. The van der Waals surface area contributed by atoms with Crippen molar-refractivity contribution in [2.24, 2.45) is 0 Å². The average Bonchev–Trinajstić information content (AvgIpc) is 3.15. The van der Waals surface area contributed by atoms with Crippen molar-refractivity contribution in [3.63, 3.8) is 0 Å². The molecule has 0 saturated carbocycles. The summed E-state index contributed by atoms with van der Waals surface area (Å²) < 4.78 is 33.9. The van der Waals surface area contributed by atoms with Crippen LogP contribution in [0.2, 0.25) is 0 Å². The van der Waals surface area contributed by atoms with E-state index >= 15 is 0 Å². The van der Waals surface area contributed by atoms with Crippen LogP contribution in [0.25, 0.3) is 5.65 Å². The molecular weight excluding hydrogens is 426 g/mol. The number of aromatic nitrogens is 4. The van der Waals surface area contributed by atoms with E-state index in [4.69, 9.17) is 4.74 Å². The Balaban J connectivity index is 1.70. The first-order chi connectivity index (χ1) is 14.4. The van der Waals surface area contributed by atoms with E-state index in [0.29, 0.717) is 35.9 Å². The molecule has 0 amide bonds. The van der Waals surface area contributed by atoms with Crippen LogP contribution in [0.5, 0.6) is 0 Å². The van der Waals surface area contributed by atoms with Gasteiger partial charge in [0.25, 0.3) is 0 Å². The van der Waals surface area contributed by atoms with Gasteiger partial charge in [-0.15, -0.1) is 10.2 Å². The fraction of sp³-hybridized carbons (Fsp3) is 0.368. The topological polar surface area (TPSA) is 116 Å². The van der Waals surface area contributed by atoms with Gasteiger partial charge in [0.15, 0.2) is 11.5 Å². The van der Waals surface area contributed by atoms with Gasteiger partial charge in [-0.3, -0.25) is 4.79 Å². The van der Waals surface area contributed by atoms with Gasteiger partial charge in [0.05, 0.1) is 11.5 Å². The summed E-state index contributed by atoms with van der Waals surface area (Å²) in [4.78, 5) is 12.3. The first kappa shape index (κ1) is 22.2. The highest BCUT2D eigenvalue weighted by molar-refractivity contribution is 8.00. The molecule has 160 valence electrons. The van der Waals surface area contributed by atoms with Crippen molar-refractivity contribution in [2.45, 2.75) is 41.9 Å². The molecule has 0 unspecified atom stereocenters. The summed E-state index contributed by atoms with van der Waals surface area (Å²) in [5.41, 5.74) is 0.546. The molecule has 0 bridgehead atoms. The molecule has 0 spiro atoms. The number of carbonyl (C=O) groups is 1. The molecule has 9 nitrogen and oxygen atoms in total. The Kier molecular flexibility index (Phi) is 7.40. The van der Waals surface area contributed by atoms with Crippen LogP contribution in [0.3, 0.4) is 0 Å². The van der Waals surface area contributed by atoms with Crippen LogP contribution < -0.4 is 4.72 Å². The largest absolute Gasteiger partial charge is 0.465 e. The highest BCUT2D eigenvalue weighted by Gasteiger charge is 2.20. The Morgan fingerprint density at radius 2 is 1.93 bits per heavy atom. The first-order valence-electron chi connectivity index (χ1n) is 9.54. The van der Waals surface area contributed by atoms with Crippen molar-refractivity contribution in [1.29, 1.82) is 0 Å². The van der Waals surface area contributed by atoms with E-state index in [-0.39, 0.29) is 22.7 Å². The van der Waals surface area contributed by atoms with Crippen LogP contribution in [0, 0.1) is 0 Å². The standard InChI is InChI=1S/C19H23N5O4S2/c1-3-15(19(25)28-4-2)29-18-11-10-16-21-22-17(24(16)23-18)12-13-20-30(26,27)14-8-6-5-7-9-14/h5-11,15,20H,3-4,12-13H2,1-2H3/t15-/m0/s1. The van der Waals surface area contributed by atoms with Gasteiger partial charge in [0.2, 0.25) is 10.0 Å². The monoisotopic (exact) mass is 449 g/mol. The van der Waals surface area contributed by atoms with Crippen LogP contribution in [0.4, 0.5) is 0 Å². The molecule has 0 aliphatic carbocycles. The lowest BCUT2D eigenvalue weighted by Crippen LogP contribution is -2.26. The lowest BCUT2D eigenvalue weighted by Gasteiger charge is -2.12. The number of rotatable bonds is 10. The third-order valence-corrected chi connectivity index (χ3v) is 6.93. The number of ether oxygens (including phenoxy) is 1. The molecule has 0 fully saturated rings. The van der Waals surface area contributed by atoms with Gasteiger partial charge in [-0.25, -0.2) is 13.1 Å². The molecule has 1 aromatic carbocycles. The van der Waals surface area contributed by atoms with Crippen molar-refractivity contribution < 1.29 is 17.9 Å². The summed E-state index contributed by atoms with van der Waals surface area (Å²) in [5.74, 6) is 0.249. The molecule has 0 saturated heterocycles. The predicted molar refractivity (Wildman–Crippen MR) is 113 cm³/mol. The number of nitrogens with zero attached hydrogens (tertiary/aromatic N) is 4. The molecule has 0 aliphatic rings. The summed E-state index contributed by atoms with van der Waals surface area (Å²) in [5, 5.41) is 13.0. The summed E-state index contributed by atoms with van der Waals surface area (Å²) in [7, 11) is -3.59. The maximum Gasteiger partial charge on any atom is 0.319 e. The first-order valence-corrected chi connectivity index (χ1v) is 11.9. The predicted octanol–water partition coefficient (Wildman–Crippen LogP) is 2.08. The van der Waals surface area contributed by atoms with E-state index in [0.717, 1.165) is 0 Å². The SMILES string of the molecule is CCOC(=O)[C@H](CC)Sc1ccc2nnc(CCNS(=O)(=O)c3ccccc3)n2n1. The number of hydrogen-bond acceptors (Lipinski definition) is 8. The van der Waals surface area contributed by atoms with Gasteiger partial charge in [0.1, 0.15) is 10.3 Å². The van der Waals surface area contributed by atoms with Crippen molar-refractivity contribution >= 4 is 33.4 Å². The molecule has 2 heterocycles. The van der Waals surface area contributed by atoms with Crippen molar-refractivity contribution in [2.75, 3.05) is 13.2 Å². The highest BCUT2D eigenvalue weighted by Crippen LogP contribution is 2.25. The number of carbonyl (C=O) groups excluding carboxylic acids is 1. The smallest absolute Gasteiger partial charge is 0.319 e. The summed E-state index contributed by atoms with van der Waals surface area (Å²) in [6, 6.07) is 11.7. The number of benzene rings is 1. The number of esters is 1. The average molecular weight is 450 g/mol. The fourth-order valence-electron chi connectivity index (χ4n) is 2.69. The van der Waals surface area contributed by atoms with Gasteiger partial charge in [0, 0.05) is 13.0 Å². The Labute approximate surface area is 179 Å². The van der Waals surface area contributed by atoms with E-state index in [2.05, 4.69) is 20.0 Å². The van der Waals surface area contributed by atoms with Gasteiger partial charge in [-0.05, 0) is 37.6 Å². The van der Waals surface area contributed by atoms with Crippen molar-refractivity contribution in [1.82, 2.24) is 24.5 Å². The zero-order valence-corrected chi connectivity index (χ0v) is 18.3. The summed E-state index contributed by atoms with van der Waals surface area (Å²) in [6.07, 6.45) is 0.920. The third kappa shape index (κ3) is 5.35. The Hall–Kier alpha value is -2.50. The van der Waals surface area contributed by atoms with Crippen molar-refractivity contribution in [3.8, 4) is 0 Å². The molecule has 3 rings (SSSR count). The second-order valence-electron chi connectivity index (χ2n) is 6.29. The number of sulfonamides is 1. The zero-order valence-electron chi connectivity index (χ0n) is 16.7. The molecule has 1 N–H and O–H groups in total. The molecule has 3 aromatic rings. The minimum atomic E-state index is -3.59. The van der Waals surface area contributed by atoms with E-state index in [1.54, 1.807) is 41.8 Å². The third-order valence-electron chi connectivity index (χ3n) is 4.18. The molecule has 1 atom stereocenters. The number of fused-ring (bicyclic) bond motifs is 1. The van der Waals surface area contributed by atoms with E-state index in [1.165, 1.54) is 23.9 Å². The molecule has 0 aliphatic heterocycles. The van der Waals surface area contributed by atoms with Crippen LogP contribution in [0.15, 0.2) is 52.4 Å². The zero-order chi connectivity index (χ0) is 21.6. The van der Waals surface area contributed by atoms with Crippen LogP contribution >= 0.6 is 11.8 Å². The molecule has 2 aromatic heterocycles. The fourth-order valence-corrected chi connectivity index (χ4v) is 4.65. The van der Waals surface area contributed by atoms with Gasteiger partial charge in [-0.1, -0.05) is 36.9 Å². The van der Waals surface area contributed by atoms with Crippen LogP contribution in [0.1, 0.15) is 26.1 Å². The molecule has 11 heteroatoms. The van der Waals surface area contributed by atoms with Crippen LogP contribution in [-0.2, 0) is 26.0 Å². The number of thioether (sulfide) groups is 1. The Bertz CT molecular complexity index is 1100. The molecular formula is C19H23N5O4S2. The Morgan fingerprint density at radius 3 is 2.63 bits per heavy atom. The molecule has 30 heavy (non-hydrogen) atoms. The maximum absolute atomic E-state index is 12.3. The quantitative estimate of drug-likeness (QED) is 0.369. The second-order valence-corrected chi connectivity index (χ2v) is 9.28. The lowest BCUT2D eigenvalue weighted by molar-refractivity contribution is -0.142. The second kappa shape index (κ2) is 10.0. The Morgan fingerprint density at radius 1 is 1.17 bits per heavy atom. The van der Waals surface area contributed by atoms with Gasteiger partial charge >= 0.3 is 5.97 Å². The van der Waals surface area contributed by atoms with E-state index < -0.39 is 10.0 Å². The maximum atomic E-state index is 12.3. The van der Waals surface area contributed by atoms with Crippen molar-refractivity contribution in [3.05, 3.63) is 48.3 Å². The normalized spacial score (nSPS) is 12.7. The number of nitrogens with one attached hydrogen (secondary N) is 1. The van der Waals surface area contributed by atoms with Gasteiger partial charge in [-0.2, -0.15) is 9.61 Å². The summed E-state index contributed by atoms with van der Waals surface area (Å²) in [6.45, 7) is 4.17. The molecule has 0 radical (unpaired) electrons. The number of hydrogen-bond donors (Lipinski definition) is 1. The van der Waals surface area contributed by atoms with E-state index in [1.807, 2.05) is 6.92 Å².